The van der Waals surface area contributed by atoms with Gasteiger partial charge in [0, 0.05) is 12.6 Å². The number of carbonyl (C=O) groups is 1. The standard InChI is InChI=1S/C10H14N2O3/c1-6(2)4-8-11-5-7(10(13)14)9(12-8)15-3/h5-6H,4H2,1-3H3,(H,13,14). The molecule has 0 unspecified atom stereocenters. The zero-order valence-electron chi connectivity index (χ0n) is 9.02. The van der Waals surface area contributed by atoms with Gasteiger partial charge in [0.25, 0.3) is 0 Å². The molecular weight excluding hydrogens is 196 g/mol. The van der Waals surface area contributed by atoms with Crippen molar-refractivity contribution in [1.82, 2.24) is 9.97 Å². The van der Waals surface area contributed by atoms with E-state index in [0.717, 1.165) is 0 Å². The largest absolute Gasteiger partial charge is 0.480 e. The predicted octanol–water partition coefficient (Wildman–Crippen LogP) is 1.38. The Hall–Kier alpha value is -1.65. The van der Waals surface area contributed by atoms with Crippen molar-refractivity contribution in [2.24, 2.45) is 5.92 Å². The van der Waals surface area contributed by atoms with Gasteiger partial charge in [-0.2, -0.15) is 4.98 Å². The van der Waals surface area contributed by atoms with Crippen LogP contribution in [0.2, 0.25) is 0 Å². The molecule has 0 aliphatic rings. The van der Waals surface area contributed by atoms with Crippen LogP contribution in [0.15, 0.2) is 6.20 Å². The Balaban J connectivity index is 3.02. The number of carboxylic acids is 1. The lowest BCUT2D eigenvalue weighted by atomic mass is 10.1. The Kier molecular flexibility index (Phi) is 3.60. The lowest BCUT2D eigenvalue weighted by molar-refractivity contribution is 0.0692. The smallest absolute Gasteiger partial charge is 0.342 e. The van der Waals surface area contributed by atoms with Crippen LogP contribution in [0.5, 0.6) is 5.88 Å². The molecule has 0 atom stereocenters. The molecule has 1 aromatic rings. The second kappa shape index (κ2) is 4.72. The molecule has 0 amide bonds. The third-order valence-electron chi connectivity index (χ3n) is 1.82. The molecule has 1 rings (SSSR count). The Morgan fingerprint density at radius 1 is 1.60 bits per heavy atom. The highest BCUT2D eigenvalue weighted by atomic mass is 16.5. The van der Waals surface area contributed by atoms with Crippen LogP contribution in [-0.2, 0) is 6.42 Å². The van der Waals surface area contributed by atoms with Gasteiger partial charge in [-0.1, -0.05) is 13.8 Å². The van der Waals surface area contributed by atoms with Crippen molar-refractivity contribution in [2.75, 3.05) is 7.11 Å². The summed E-state index contributed by atoms with van der Waals surface area (Å²) in [5.41, 5.74) is -0.00925. The van der Waals surface area contributed by atoms with E-state index in [0.29, 0.717) is 18.2 Å². The van der Waals surface area contributed by atoms with E-state index in [-0.39, 0.29) is 11.4 Å². The van der Waals surface area contributed by atoms with Crippen LogP contribution in [0.25, 0.3) is 0 Å². The van der Waals surface area contributed by atoms with Gasteiger partial charge in [-0.05, 0) is 5.92 Å². The van der Waals surface area contributed by atoms with Crippen LogP contribution < -0.4 is 4.74 Å². The molecular formula is C10H14N2O3. The fourth-order valence-electron chi connectivity index (χ4n) is 1.17. The fraction of sp³-hybridized carbons (Fsp3) is 0.500. The first-order valence-corrected chi connectivity index (χ1v) is 4.67. The molecule has 5 nitrogen and oxygen atoms in total. The van der Waals surface area contributed by atoms with Crippen molar-refractivity contribution in [3.8, 4) is 5.88 Å². The normalized spacial score (nSPS) is 10.4. The Labute approximate surface area is 88.1 Å². The first kappa shape index (κ1) is 11.4. The third kappa shape index (κ3) is 2.90. The minimum Gasteiger partial charge on any atom is -0.480 e. The molecule has 0 spiro atoms. The van der Waals surface area contributed by atoms with Crippen molar-refractivity contribution >= 4 is 5.97 Å². The maximum Gasteiger partial charge on any atom is 0.342 e. The van der Waals surface area contributed by atoms with Crippen molar-refractivity contribution in [3.63, 3.8) is 0 Å². The quantitative estimate of drug-likeness (QED) is 0.812. The molecule has 15 heavy (non-hydrogen) atoms. The van der Waals surface area contributed by atoms with Crippen LogP contribution in [0.4, 0.5) is 0 Å². The van der Waals surface area contributed by atoms with Crippen LogP contribution >= 0.6 is 0 Å². The van der Waals surface area contributed by atoms with E-state index in [1.807, 2.05) is 13.8 Å². The molecule has 0 aliphatic heterocycles. The molecule has 5 heteroatoms. The number of nitrogens with zero attached hydrogens (tertiary/aromatic N) is 2. The van der Waals surface area contributed by atoms with Crippen molar-refractivity contribution in [3.05, 3.63) is 17.6 Å². The molecule has 0 radical (unpaired) electrons. The molecule has 0 saturated carbocycles. The Morgan fingerprint density at radius 2 is 2.27 bits per heavy atom. The summed E-state index contributed by atoms with van der Waals surface area (Å²) < 4.78 is 4.90. The summed E-state index contributed by atoms with van der Waals surface area (Å²) in [6, 6.07) is 0. The first-order valence-electron chi connectivity index (χ1n) is 4.67. The van der Waals surface area contributed by atoms with Crippen LogP contribution in [0, 0.1) is 5.92 Å². The highest BCUT2D eigenvalue weighted by Gasteiger charge is 2.14. The van der Waals surface area contributed by atoms with Crippen LogP contribution in [0.3, 0.4) is 0 Å². The average molecular weight is 210 g/mol. The zero-order valence-corrected chi connectivity index (χ0v) is 9.02. The molecule has 82 valence electrons. The minimum atomic E-state index is -1.08. The predicted molar refractivity (Wildman–Crippen MR) is 54.1 cm³/mol. The van der Waals surface area contributed by atoms with Gasteiger partial charge in [-0.25, -0.2) is 9.78 Å². The summed E-state index contributed by atoms with van der Waals surface area (Å²) >= 11 is 0. The van der Waals surface area contributed by atoms with E-state index in [2.05, 4.69) is 9.97 Å². The summed E-state index contributed by atoms with van der Waals surface area (Å²) in [5.74, 6) is 0.0633. The van der Waals surface area contributed by atoms with Crippen LogP contribution in [-0.4, -0.2) is 28.2 Å². The van der Waals surface area contributed by atoms with Crippen molar-refractivity contribution in [1.29, 1.82) is 0 Å². The number of aromatic carboxylic acids is 1. The number of carboxylic acid groups (broad SMARTS) is 1. The summed E-state index contributed by atoms with van der Waals surface area (Å²) in [6.45, 7) is 4.09. The maximum absolute atomic E-state index is 10.8. The van der Waals surface area contributed by atoms with Gasteiger partial charge in [-0.3, -0.25) is 0 Å². The highest BCUT2D eigenvalue weighted by Crippen LogP contribution is 2.15. The van der Waals surface area contributed by atoms with Gasteiger partial charge in [-0.15, -0.1) is 0 Å². The van der Waals surface area contributed by atoms with E-state index >= 15 is 0 Å². The van der Waals surface area contributed by atoms with Gasteiger partial charge in [0.2, 0.25) is 5.88 Å². The number of hydrogen-bond donors (Lipinski definition) is 1. The topological polar surface area (TPSA) is 72.3 Å². The molecule has 0 bridgehead atoms. The average Bonchev–Trinajstić information content (AvgIpc) is 2.16. The lowest BCUT2D eigenvalue weighted by Gasteiger charge is -2.07. The second-order valence-corrected chi connectivity index (χ2v) is 3.61. The molecule has 1 aromatic heterocycles. The maximum atomic E-state index is 10.8. The second-order valence-electron chi connectivity index (χ2n) is 3.61. The monoisotopic (exact) mass is 210 g/mol. The minimum absolute atomic E-state index is 0.00925. The van der Waals surface area contributed by atoms with Crippen LogP contribution in [0.1, 0.15) is 30.0 Å². The SMILES string of the molecule is COc1nc(CC(C)C)ncc1C(=O)O. The van der Waals surface area contributed by atoms with Gasteiger partial charge >= 0.3 is 5.97 Å². The molecule has 0 aliphatic carbocycles. The Bertz CT molecular complexity index is 364. The molecule has 1 N–H and O–H groups in total. The molecule has 1 heterocycles. The summed E-state index contributed by atoms with van der Waals surface area (Å²) in [6.07, 6.45) is 1.99. The highest BCUT2D eigenvalue weighted by molar-refractivity contribution is 5.89. The summed E-state index contributed by atoms with van der Waals surface area (Å²) in [5, 5.41) is 8.81. The van der Waals surface area contributed by atoms with E-state index in [1.165, 1.54) is 13.3 Å². The molecule has 0 fully saturated rings. The lowest BCUT2D eigenvalue weighted by Crippen LogP contribution is -2.08. The van der Waals surface area contributed by atoms with E-state index in [1.54, 1.807) is 0 Å². The number of hydrogen-bond acceptors (Lipinski definition) is 4. The molecule has 0 saturated heterocycles. The van der Waals surface area contributed by atoms with Gasteiger partial charge in [0.15, 0.2) is 0 Å². The van der Waals surface area contributed by atoms with E-state index in [4.69, 9.17) is 9.84 Å². The van der Waals surface area contributed by atoms with Gasteiger partial charge < -0.3 is 9.84 Å². The zero-order chi connectivity index (χ0) is 11.4. The number of aromatic nitrogens is 2. The number of ether oxygens (including phenoxy) is 1. The summed E-state index contributed by atoms with van der Waals surface area (Å²) in [4.78, 5) is 18.8. The molecule has 0 aromatic carbocycles. The van der Waals surface area contributed by atoms with Crippen molar-refractivity contribution < 1.29 is 14.6 Å². The number of rotatable bonds is 4. The fourth-order valence-corrected chi connectivity index (χ4v) is 1.17. The van der Waals surface area contributed by atoms with E-state index in [9.17, 15) is 4.79 Å². The number of methoxy groups -OCH3 is 1. The third-order valence-corrected chi connectivity index (χ3v) is 1.82. The van der Waals surface area contributed by atoms with Gasteiger partial charge in [0.05, 0.1) is 7.11 Å². The van der Waals surface area contributed by atoms with E-state index < -0.39 is 5.97 Å². The first-order chi connectivity index (χ1) is 7.04. The summed E-state index contributed by atoms with van der Waals surface area (Å²) in [7, 11) is 1.40. The van der Waals surface area contributed by atoms with Crippen molar-refractivity contribution in [2.45, 2.75) is 20.3 Å². The van der Waals surface area contributed by atoms with Gasteiger partial charge in [0.1, 0.15) is 11.4 Å². The Morgan fingerprint density at radius 3 is 2.73 bits per heavy atom.